The summed E-state index contributed by atoms with van der Waals surface area (Å²) in [6.45, 7) is 0. The second kappa shape index (κ2) is 6.72. The van der Waals surface area contributed by atoms with E-state index in [-0.39, 0.29) is 29.4 Å². The Morgan fingerprint density at radius 1 is 0.931 bits per heavy atom. The van der Waals surface area contributed by atoms with Crippen LogP contribution in [0, 0.1) is 23.7 Å². The summed E-state index contributed by atoms with van der Waals surface area (Å²) in [5, 5.41) is 0. The van der Waals surface area contributed by atoms with Gasteiger partial charge >= 0.3 is 5.97 Å². The number of esters is 1. The van der Waals surface area contributed by atoms with Crippen LogP contribution in [0.4, 0.5) is 5.69 Å². The van der Waals surface area contributed by atoms with Crippen molar-refractivity contribution in [1.29, 1.82) is 0 Å². The summed E-state index contributed by atoms with van der Waals surface area (Å²) in [7, 11) is 1.53. The summed E-state index contributed by atoms with van der Waals surface area (Å²) in [6, 6.07) is 13.3. The molecule has 2 aromatic carbocycles. The van der Waals surface area contributed by atoms with Gasteiger partial charge in [-0.1, -0.05) is 12.1 Å². The fourth-order valence-corrected chi connectivity index (χ4v) is 5.27. The Morgan fingerprint density at radius 3 is 2.28 bits per heavy atom. The number of amides is 2. The number of carbonyl (C=O) groups is 3. The molecule has 1 heterocycles. The van der Waals surface area contributed by atoms with E-state index >= 15 is 0 Å². The Kier molecular flexibility index (Phi) is 4.15. The average molecular weight is 391 g/mol. The van der Waals surface area contributed by atoms with Gasteiger partial charge in [0.15, 0.2) is 0 Å². The molecule has 2 bridgehead atoms. The van der Waals surface area contributed by atoms with Gasteiger partial charge in [0.2, 0.25) is 11.8 Å². The van der Waals surface area contributed by atoms with Crippen molar-refractivity contribution < 1.29 is 23.9 Å². The number of ether oxygens (including phenoxy) is 2. The van der Waals surface area contributed by atoms with Crippen molar-refractivity contribution >= 4 is 23.5 Å². The van der Waals surface area contributed by atoms with Gasteiger partial charge in [-0.25, -0.2) is 9.69 Å². The third-order valence-corrected chi connectivity index (χ3v) is 6.52. The SMILES string of the molecule is COc1cccc(C(=O)Oc2cccc(N3C(=O)[C@H]4[C@H]5CC[C@@H](C5)[C@@H]4C3=O)c2)c1. The number of benzene rings is 2. The summed E-state index contributed by atoms with van der Waals surface area (Å²) in [6.07, 6.45) is 3.08. The zero-order valence-electron chi connectivity index (χ0n) is 16.0. The number of imide groups is 1. The molecule has 29 heavy (non-hydrogen) atoms. The van der Waals surface area contributed by atoms with E-state index in [0.717, 1.165) is 19.3 Å². The van der Waals surface area contributed by atoms with Crippen molar-refractivity contribution in [2.75, 3.05) is 12.0 Å². The fraction of sp³-hybridized carbons (Fsp3) is 0.348. The van der Waals surface area contributed by atoms with Gasteiger partial charge in [-0.3, -0.25) is 9.59 Å². The molecule has 6 heteroatoms. The average Bonchev–Trinajstić information content (AvgIpc) is 3.42. The number of carbonyl (C=O) groups excluding carboxylic acids is 3. The highest BCUT2D eigenvalue weighted by atomic mass is 16.5. The predicted molar refractivity (Wildman–Crippen MR) is 105 cm³/mol. The van der Waals surface area contributed by atoms with E-state index in [0.29, 0.717) is 28.8 Å². The van der Waals surface area contributed by atoms with Gasteiger partial charge < -0.3 is 9.47 Å². The van der Waals surface area contributed by atoms with Crippen LogP contribution in [0.25, 0.3) is 0 Å². The maximum atomic E-state index is 13.0. The van der Waals surface area contributed by atoms with Crippen molar-refractivity contribution in [3.63, 3.8) is 0 Å². The van der Waals surface area contributed by atoms with E-state index in [2.05, 4.69) is 0 Å². The van der Waals surface area contributed by atoms with Crippen LogP contribution < -0.4 is 14.4 Å². The molecular weight excluding hydrogens is 370 g/mol. The van der Waals surface area contributed by atoms with Crippen LogP contribution in [0.2, 0.25) is 0 Å². The van der Waals surface area contributed by atoms with Crippen LogP contribution in [-0.4, -0.2) is 24.9 Å². The summed E-state index contributed by atoms with van der Waals surface area (Å²) in [5.74, 6) is 0.412. The van der Waals surface area contributed by atoms with Gasteiger partial charge in [0.05, 0.1) is 30.2 Å². The molecule has 1 aliphatic heterocycles. The first-order valence-corrected chi connectivity index (χ1v) is 9.91. The van der Waals surface area contributed by atoms with Crippen molar-refractivity contribution in [2.24, 2.45) is 23.7 Å². The van der Waals surface area contributed by atoms with Crippen molar-refractivity contribution in [3.8, 4) is 11.5 Å². The molecule has 3 fully saturated rings. The van der Waals surface area contributed by atoms with E-state index < -0.39 is 5.97 Å². The lowest BCUT2D eigenvalue weighted by molar-refractivity contribution is -0.123. The van der Waals surface area contributed by atoms with E-state index in [9.17, 15) is 14.4 Å². The van der Waals surface area contributed by atoms with E-state index in [1.807, 2.05) is 0 Å². The number of fused-ring (bicyclic) bond motifs is 5. The summed E-state index contributed by atoms with van der Waals surface area (Å²) in [5.41, 5.74) is 0.818. The lowest BCUT2D eigenvalue weighted by Gasteiger charge is -2.19. The third kappa shape index (κ3) is 2.82. The monoisotopic (exact) mass is 391 g/mol. The molecule has 0 spiro atoms. The molecule has 3 aliphatic rings. The van der Waals surface area contributed by atoms with Gasteiger partial charge in [-0.05, 0) is 61.4 Å². The highest BCUT2D eigenvalue weighted by molar-refractivity contribution is 6.22. The lowest BCUT2D eigenvalue weighted by Crippen LogP contribution is -2.32. The summed E-state index contributed by atoms with van der Waals surface area (Å²) >= 11 is 0. The summed E-state index contributed by atoms with van der Waals surface area (Å²) in [4.78, 5) is 39.8. The molecule has 2 amide bonds. The zero-order chi connectivity index (χ0) is 20.1. The van der Waals surface area contributed by atoms with Crippen molar-refractivity contribution in [2.45, 2.75) is 19.3 Å². The Balaban J connectivity index is 1.38. The first-order valence-electron chi connectivity index (χ1n) is 9.91. The number of nitrogens with zero attached hydrogens (tertiary/aromatic N) is 1. The Labute approximate surface area is 168 Å². The van der Waals surface area contributed by atoms with E-state index in [1.54, 1.807) is 48.5 Å². The number of anilines is 1. The maximum Gasteiger partial charge on any atom is 0.343 e. The first-order chi connectivity index (χ1) is 14.1. The van der Waals surface area contributed by atoms with Gasteiger partial charge in [-0.15, -0.1) is 0 Å². The first kappa shape index (κ1) is 17.9. The molecule has 0 aromatic heterocycles. The Hall–Kier alpha value is -3.15. The molecule has 2 saturated carbocycles. The number of hydrogen-bond acceptors (Lipinski definition) is 5. The molecule has 5 rings (SSSR count). The van der Waals surface area contributed by atoms with Crippen LogP contribution in [0.1, 0.15) is 29.6 Å². The lowest BCUT2D eigenvalue weighted by atomic mass is 9.81. The fourth-order valence-electron chi connectivity index (χ4n) is 5.27. The molecule has 0 N–H and O–H groups in total. The molecule has 148 valence electrons. The molecule has 6 nitrogen and oxygen atoms in total. The van der Waals surface area contributed by atoms with Crippen molar-refractivity contribution in [3.05, 3.63) is 54.1 Å². The predicted octanol–water partition coefficient (Wildman–Crippen LogP) is 3.45. The number of methoxy groups -OCH3 is 1. The normalized spacial score (nSPS) is 27.3. The van der Waals surface area contributed by atoms with Gasteiger partial charge in [-0.2, -0.15) is 0 Å². The topological polar surface area (TPSA) is 72.9 Å². The minimum Gasteiger partial charge on any atom is -0.497 e. The highest BCUT2D eigenvalue weighted by Gasteiger charge is 2.61. The molecule has 0 radical (unpaired) electrons. The minimum atomic E-state index is -0.532. The van der Waals surface area contributed by atoms with Crippen LogP contribution in [0.15, 0.2) is 48.5 Å². The minimum absolute atomic E-state index is 0.108. The largest absolute Gasteiger partial charge is 0.497 e. The standard InChI is InChI=1S/C23H21NO5/c1-28-17-6-2-4-15(11-17)23(27)29-18-7-3-5-16(12-18)24-21(25)19-13-8-9-14(10-13)20(19)22(24)26/h2-7,11-14,19-20H,8-10H2,1H3/t13-,14-,19-,20-/m0/s1. The van der Waals surface area contributed by atoms with E-state index in [4.69, 9.17) is 9.47 Å². The van der Waals surface area contributed by atoms with Gasteiger partial charge in [0.25, 0.3) is 0 Å². The second-order valence-electron chi connectivity index (χ2n) is 8.02. The quantitative estimate of drug-likeness (QED) is 0.453. The molecule has 4 atom stereocenters. The maximum absolute atomic E-state index is 13.0. The van der Waals surface area contributed by atoms with Crippen LogP contribution >= 0.6 is 0 Å². The second-order valence-corrected chi connectivity index (χ2v) is 8.02. The zero-order valence-corrected chi connectivity index (χ0v) is 16.0. The van der Waals surface area contributed by atoms with Crippen molar-refractivity contribution in [1.82, 2.24) is 0 Å². The Morgan fingerprint density at radius 2 is 1.59 bits per heavy atom. The summed E-state index contributed by atoms with van der Waals surface area (Å²) < 4.78 is 10.6. The molecule has 2 aromatic rings. The van der Waals surface area contributed by atoms with E-state index in [1.165, 1.54) is 12.0 Å². The highest BCUT2D eigenvalue weighted by Crippen LogP contribution is 2.56. The molecule has 0 unspecified atom stereocenters. The number of hydrogen-bond donors (Lipinski definition) is 0. The van der Waals surface area contributed by atoms with Crippen LogP contribution in [0.3, 0.4) is 0 Å². The number of rotatable bonds is 4. The smallest absolute Gasteiger partial charge is 0.343 e. The van der Waals surface area contributed by atoms with Crippen LogP contribution in [0.5, 0.6) is 11.5 Å². The molecule has 1 saturated heterocycles. The third-order valence-electron chi connectivity index (χ3n) is 6.52. The van der Waals surface area contributed by atoms with Gasteiger partial charge in [0.1, 0.15) is 11.5 Å². The molecular formula is C23H21NO5. The van der Waals surface area contributed by atoms with Gasteiger partial charge in [0, 0.05) is 6.07 Å². The van der Waals surface area contributed by atoms with Crippen LogP contribution in [-0.2, 0) is 9.59 Å². The molecule has 2 aliphatic carbocycles. The Bertz CT molecular complexity index is 988.